The fourth-order valence-corrected chi connectivity index (χ4v) is 4.11. The molecule has 31 heavy (non-hydrogen) atoms. The number of carbonyl (C=O) groups is 3. The molecule has 0 radical (unpaired) electrons. The normalized spacial score (nSPS) is 17.4. The van der Waals surface area contributed by atoms with Crippen molar-refractivity contribution < 1.29 is 28.8 Å². The SMILES string of the molecule is COc1ccc([C@H](CNC(=O)CN2C(=O)c3ccccc3C2=O)[NH+]2CCOCC2)cc1. The van der Waals surface area contributed by atoms with E-state index in [1.54, 1.807) is 31.4 Å². The van der Waals surface area contributed by atoms with Crippen LogP contribution in [-0.2, 0) is 9.53 Å². The van der Waals surface area contributed by atoms with Gasteiger partial charge in [0, 0.05) is 5.56 Å². The van der Waals surface area contributed by atoms with Gasteiger partial charge >= 0.3 is 0 Å². The number of quaternary nitrogens is 1. The van der Waals surface area contributed by atoms with E-state index in [9.17, 15) is 14.4 Å². The number of hydrogen-bond donors (Lipinski definition) is 2. The van der Waals surface area contributed by atoms with Crippen LogP contribution in [0.3, 0.4) is 0 Å². The average Bonchev–Trinajstić information content (AvgIpc) is 3.05. The Morgan fingerprint density at radius 1 is 1.06 bits per heavy atom. The second-order valence-electron chi connectivity index (χ2n) is 7.64. The summed E-state index contributed by atoms with van der Waals surface area (Å²) in [6, 6.07) is 14.5. The average molecular weight is 424 g/mol. The summed E-state index contributed by atoms with van der Waals surface area (Å²) < 4.78 is 10.7. The van der Waals surface area contributed by atoms with Crippen LogP contribution in [0.25, 0.3) is 0 Å². The van der Waals surface area contributed by atoms with E-state index in [1.807, 2.05) is 24.3 Å². The Bertz CT molecular complexity index is 934. The number of ether oxygens (including phenoxy) is 2. The van der Waals surface area contributed by atoms with Gasteiger partial charge in [-0.25, -0.2) is 0 Å². The van der Waals surface area contributed by atoms with Crippen molar-refractivity contribution in [2.24, 2.45) is 0 Å². The fourth-order valence-electron chi connectivity index (χ4n) is 4.11. The van der Waals surface area contributed by atoms with Gasteiger partial charge in [0.2, 0.25) is 5.91 Å². The molecule has 1 saturated heterocycles. The zero-order chi connectivity index (χ0) is 21.8. The zero-order valence-corrected chi connectivity index (χ0v) is 17.4. The molecule has 2 aliphatic rings. The van der Waals surface area contributed by atoms with Gasteiger partial charge in [0.1, 0.15) is 31.4 Å². The lowest BCUT2D eigenvalue weighted by atomic mass is 10.0. The molecule has 0 aliphatic carbocycles. The number of methoxy groups -OCH3 is 1. The summed E-state index contributed by atoms with van der Waals surface area (Å²) in [6.07, 6.45) is 0. The molecule has 2 N–H and O–H groups in total. The van der Waals surface area contributed by atoms with Gasteiger partial charge < -0.3 is 19.7 Å². The number of amides is 3. The van der Waals surface area contributed by atoms with Gasteiger partial charge in [0.25, 0.3) is 11.8 Å². The maximum atomic E-state index is 12.6. The number of carbonyl (C=O) groups excluding carboxylic acids is 3. The van der Waals surface area contributed by atoms with Crippen molar-refractivity contribution in [3.8, 4) is 5.75 Å². The van der Waals surface area contributed by atoms with Crippen molar-refractivity contribution in [3.05, 3.63) is 65.2 Å². The van der Waals surface area contributed by atoms with E-state index < -0.39 is 11.8 Å². The van der Waals surface area contributed by atoms with Crippen molar-refractivity contribution in [1.82, 2.24) is 10.2 Å². The topological polar surface area (TPSA) is 89.4 Å². The number of nitrogens with zero attached hydrogens (tertiary/aromatic N) is 1. The lowest BCUT2D eigenvalue weighted by molar-refractivity contribution is -0.937. The van der Waals surface area contributed by atoms with E-state index in [4.69, 9.17) is 9.47 Å². The van der Waals surface area contributed by atoms with Crippen molar-refractivity contribution >= 4 is 17.7 Å². The van der Waals surface area contributed by atoms with Crippen LogP contribution in [0.2, 0.25) is 0 Å². The molecule has 162 valence electrons. The second-order valence-corrected chi connectivity index (χ2v) is 7.64. The fraction of sp³-hybridized carbons (Fsp3) is 0.348. The standard InChI is InChI=1S/C23H25N3O5/c1-30-17-8-6-16(7-9-17)20(25-10-12-31-13-11-25)14-24-21(27)15-26-22(28)18-4-2-3-5-19(18)23(26)29/h2-9,20H,10-15H2,1H3,(H,24,27)/p+1/t20-/m0/s1. The van der Waals surface area contributed by atoms with Crippen LogP contribution in [-0.4, -0.2) is 69.1 Å². The lowest BCUT2D eigenvalue weighted by Gasteiger charge is -2.32. The van der Waals surface area contributed by atoms with Crippen molar-refractivity contribution in [1.29, 1.82) is 0 Å². The second kappa shape index (κ2) is 9.28. The predicted octanol–water partition coefficient (Wildman–Crippen LogP) is 0.0638. The quantitative estimate of drug-likeness (QED) is 0.614. The Morgan fingerprint density at radius 2 is 1.68 bits per heavy atom. The molecular formula is C23H26N3O5+. The molecule has 0 spiro atoms. The summed E-state index contributed by atoms with van der Waals surface area (Å²) in [6.45, 7) is 3.12. The molecule has 8 heteroatoms. The summed E-state index contributed by atoms with van der Waals surface area (Å²) in [5.41, 5.74) is 1.77. The molecule has 1 atom stereocenters. The number of benzene rings is 2. The highest BCUT2D eigenvalue weighted by molar-refractivity contribution is 6.22. The van der Waals surface area contributed by atoms with Gasteiger partial charge in [-0.1, -0.05) is 12.1 Å². The Kier molecular flexibility index (Phi) is 6.29. The highest BCUT2D eigenvalue weighted by Crippen LogP contribution is 2.22. The van der Waals surface area contributed by atoms with E-state index >= 15 is 0 Å². The van der Waals surface area contributed by atoms with Crippen LogP contribution in [0.5, 0.6) is 5.75 Å². The van der Waals surface area contributed by atoms with Gasteiger partial charge in [-0.3, -0.25) is 19.3 Å². The van der Waals surface area contributed by atoms with E-state index in [2.05, 4.69) is 5.32 Å². The van der Waals surface area contributed by atoms with Crippen LogP contribution < -0.4 is 15.0 Å². The Balaban J connectivity index is 1.42. The maximum absolute atomic E-state index is 12.6. The number of imide groups is 1. The first-order chi connectivity index (χ1) is 15.1. The lowest BCUT2D eigenvalue weighted by Crippen LogP contribution is -3.15. The molecule has 2 aromatic carbocycles. The smallest absolute Gasteiger partial charge is 0.262 e. The van der Waals surface area contributed by atoms with Crippen LogP contribution in [0.4, 0.5) is 0 Å². The highest BCUT2D eigenvalue weighted by Gasteiger charge is 2.36. The third-order valence-corrected chi connectivity index (χ3v) is 5.83. The van der Waals surface area contributed by atoms with Crippen LogP contribution in [0.15, 0.2) is 48.5 Å². The highest BCUT2D eigenvalue weighted by atomic mass is 16.5. The Hall–Kier alpha value is -3.23. The van der Waals surface area contributed by atoms with E-state index in [0.29, 0.717) is 30.9 Å². The van der Waals surface area contributed by atoms with Gasteiger partial charge in [-0.15, -0.1) is 0 Å². The van der Waals surface area contributed by atoms with Crippen molar-refractivity contribution in [3.63, 3.8) is 0 Å². The molecule has 0 aromatic heterocycles. The molecule has 2 aliphatic heterocycles. The van der Waals surface area contributed by atoms with E-state index in [-0.39, 0.29) is 18.5 Å². The summed E-state index contributed by atoms with van der Waals surface area (Å²) >= 11 is 0. The summed E-state index contributed by atoms with van der Waals surface area (Å²) in [7, 11) is 1.62. The first-order valence-electron chi connectivity index (χ1n) is 10.4. The summed E-state index contributed by atoms with van der Waals surface area (Å²) in [5.74, 6) is -0.447. The van der Waals surface area contributed by atoms with Gasteiger partial charge in [-0.2, -0.15) is 0 Å². The number of fused-ring (bicyclic) bond motifs is 1. The first kappa shape index (κ1) is 21.0. The maximum Gasteiger partial charge on any atom is 0.262 e. The van der Waals surface area contributed by atoms with Gasteiger partial charge in [0.15, 0.2) is 0 Å². The Morgan fingerprint density at radius 3 is 2.26 bits per heavy atom. The monoisotopic (exact) mass is 424 g/mol. The summed E-state index contributed by atoms with van der Waals surface area (Å²) in [5, 5.41) is 2.92. The molecule has 0 bridgehead atoms. The van der Waals surface area contributed by atoms with Crippen LogP contribution in [0.1, 0.15) is 32.3 Å². The van der Waals surface area contributed by atoms with Crippen molar-refractivity contribution in [2.75, 3.05) is 46.5 Å². The van der Waals surface area contributed by atoms with E-state index in [1.165, 1.54) is 4.90 Å². The molecule has 0 saturated carbocycles. The molecule has 2 heterocycles. The molecule has 3 amide bonds. The number of morpholine rings is 1. The number of hydrogen-bond acceptors (Lipinski definition) is 5. The van der Waals surface area contributed by atoms with Crippen LogP contribution in [0, 0.1) is 0 Å². The minimum absolute atomic E-state index is 0.0286. The number of nitrogens with one attached hydrogen (secondary N) is 2. The first-order valence-corrected chi connectivity index (χ1v) is 10.4. The zero-order valence-electron chi connectivity index (χ0n) is 17.4. The van der Waals surface area contributed by atoms with Crippen LogP contribution >= 0.6 is 0 Å². The van der Waals surface area contributed by atoms with Crippen molar-refractivity contribution in [2.45, 2.75) is 6.04 Å². The largest absolute Gasteiger partial charge is 0.497 e. The number of rotatable bonds is 7. The summed E-state index contributed by atoms with van der Waals surface area (Å²) in [4.78, 5) is 40.0. The molecule has 1 fully saturated rings. The third-order valence-electron chi connectivity index (χ3n) is 5.83. The third kappa shape index (κ3) is 4.45. The molecule has 0 unspecified atom stereocenters. The predicted molar refractivity (Wildman–Crippen MR) is 112 cm³/mol. The minimum atomic E-state index is -0.429. The van der Waals surface area contributed by atoms with Gasteiger partial charge in [-0.05, 0) is 36.4 Å². The van der Waals surface area contributed by atoms with Gasteiger partial charge in [0.05, 0.1) is 38.0 Å². The minimum Gasteiger partial charge on any atom is -0.497 e. The molecule has 8 nitrogen and oxygen atoms in total. The molecule has 2 aromatic rings. The molecule has 4 rings (SSSR count). The van der Waals surface area contributed by atoms with E-state index in [0.717, 1.165) is 29.3 Å². The molecular weight excluding hydrogens is 398 g/mol. The Labute approximate surface area is 180 Å².